The average Bonchev–Trinajstić information content (AvgIpc) is 3.34. The van der Waals surface area contributed by atoms with Crippen LogP contribution in [-0.2, 0) is 55.9 Å². The van der Waals surface area contributed by atoms with E-state index in [1.807, 2.05) is 0 Å². The molecule has 0 saturated heterocycles. The quantitative estimate of drug-likeness (QED) is 0.0252. The van der Waals surface area contributed by atoms with Gasteiger partial charge in [0.25, 0.3) is 0 Å². The van der Waals surface area contributed by atoms with E-state index in [1.165, 1.54) is 38.5 Å². The molecule has 14 nitrogen and oxygen atoms in total. The van der Waals surface area contributed by atoms with Gasteiger partial charge in [0.1, 0.15) is 18.2 Å². The second-order valence-corrected chi connectivity index (χ2v) is 21.4. The van der Waals surface area contributed by atoms with E-state index in [2.05, 4.69) is 67.0 Å². The largest absolute Gasteiger partial charge is 0.472 e. The van der Waals surface area contributed by atoms with E-state index in [-0.39, 0.29) is 63.5 Å². The molecule has 2 N–H and O–H groups in total. The number of carbonyl (C=O) groups excluding carboxylic acids is 4. The van der Waals surface area contributed by atoms with Crippen LogP contribution in [0, 0.1) is 0 Å². The van der Waals surface area contributed by atoms with Crippen molar-refractivity contribution in [2.45, 2.75) is 245 Å². The second-order valence-electron chi connectivity index (χ2n) is 18.4. The number of phosphoric acid groups is 2. The van der Waals surface area contributed by atoms with Gasteiger partial charge in [0, 0.05) is 45.6 Å². The third-order valence-electron chi connectivity index (χ3n) is 11.7. The van der Waals surface area contributed by atoms with Crippen LogP contribution in [0.5, 0.6) is 0 Å². The van der Waals surface area contributed by atoms with Gasteiger partial charge in [-0.25, -0.2) is 9.13 Å². The van der Waals surface area contributed by atoms with E-state index >= 15 is 0 Å². The summed E-state index contributed by atoms with van der Waals surface area (Å²) in [7, 11) is -7.43. The minimum absolute atomic E-state index is 0.0846. The summed E-state index contributed by atoms with van der Waals surface area (Å²) >= 11 is 0. The smallest absolute Gasteiger partial charge is 0.462 e. The predicted molar refractivity (Wildman–Crippen MR) is 285 cm³/mol. The number of allylic oxidation sites excluding steroid dienone is 8. The Morgan fingerprint density at radius 1 is 0.423 bits per heavy atom. The molecule has 0 heterocycles. The number of ketones is 2. The summed E-state index contributed by atoms with van der Waals surface area (Å²) in [6.45, 7) is 3.48. The number of carbonyl (C=O) groups is 4. The van der Waals surface area contributed by atoms with E-state index in [4.69, 9.17) is 23.0 Å². The molecule has 0 amide bonds. The zero-order valence-corrected chi connectivity index (χ0v) is 46.3. The van der Waals surface area contributed by atoms with Gasteiger partial charge in [0.05, 0.1) is 19.8 Å². The Kier molecular flexibility index (Phi) is 47.9. The van der Waals surface area contributed by atoms with Crippen molar-refractivity contribution >= 4 is 39.2 Å². The van der Waals surface area contributed by atoms with Gasteiger partial charge in [-0.1, -0.05) is 146 Å². The summed E-state index contributed by atoms with van der Waals surface area (Å²) in [6, 6.07) is 0. The zero-order chi connectivity index (χ0) is 52.4. The number of phosphoric ester groups is 2. The van der Waals surface area contributed by atoms with Crippen molar-refractivity contribution in [3.8, 4) is 0 Å². The maximum Gasteiger partial charge on any atom is 0.472 e. The van der Waals surface area contributed by atoms with Crippen molar-refractivity contribution in [3.63, 3.8) is 0 Å². The first-order valence-corrected chi connectivity index (χ1v) is 30.5. The molecule has 0 aliphatic carbocycles. The Labute approximate surface area is 430 Å². The highest BCUT2D eigenvalue weighted by Gasteiger charge is 2.26. The van der Waals surface area contributed by atoms with Crippen LogP contribution in [0.25, 0.3) is 0 Å². The Morgan fingerprint density at radius 3 is 1.32 bits per heavy atom. The van der Waals surface area contributed by atoms with Crippen molar-refractivity contribution in [1.29, 1.82) is 0 Å². The van der Waals surface area contributed by atoms with Gasteiger partial charge in [0.15, 0.2) is 6.10 Å². The van der Waals surface area contributed by atoms with Crippen molar-refractivity contribution in [3.05, 3.63) is 48.6 Å². The Morgan fingerprint density at radius 2 is 0.817 bits per heavy atom. The molecular formula is C55H98O14P2. The Bertz CT molecular complexity index is 1540. The Hall–Kier alpha value is -2.54. The molecule has 0 fully saturated rings. The molecule has 71 heavy (non-hydrogen) atoms. The van der Waals surface area contributed by atoms with Gasteiger partial charge < -0.3 is 19.3 Å². The van der Waals surface area contributed by atoms with Crippen LogP contribution in [-0.4, -0.2) is 72.9 Å². The first-order chi connectivity index (χ1) is 34.3. The van der Waals surface area contributed by atoms with Gasteiger partial charge >= 0.3 is 27.6 Å². The lowest BCUT2D eigenvalue weighted by molar-refractivity contribution is -0.161. The summed E-state index contributed by atoms with van der Waals surface area (Å²) in [6.07, 6.45) is 45.9. The minimum Gasteiger partial charge on any atom is -0.462 e. The average molecular weight is 1050 g/mol. The van der Waals surface area contributed by atoms with Gasteiger partial charge in [-0.05, 0) is 103 Å². The first kappa shape index (κ1) is 68.5. The summed E-state index contributed by atoms with van der Waals surface area (Å²) in [4.78, 5) is 69.7. The van der Waals surface area contributed by atoms with Crippen LogP contribution < -0.4 is 0 Å². The van der Waals surface area contributed by atoms with Crippen molar-refractivity contribution < 1.29 is 65.7 Å². The highest BCUT2D eigenvalue weighted by molar-refractivity contribution is 7.47. The molecule has 0 saturated carbocycles. The highest BCUT2D eigenvalue weighted by Crippen LogP contribution is 2.44. The topological polar surface area (TPSA) is 198 Å². The van der Waals surface area contributed by atoms with Gasteiger partial charge in [-0.3, -0.25) is 37.3 Å². The molecule has 0 aromatic rings. The molecule has 16 heteroatoms. The molecule has 0 bridgehead atoms. The van der Waals surface area contributed by atoms with E-state index < -0.39 is 40.3 Å². The maximum atomic E-state index is 12.8. The SMILES string of the molecule is CCCCC/C=C\C/C=C\CCCCCCCC(=O)OC[C@H](COP(=O)(O)OCCCC(=O)CCCC(=O)CCCCCCCOP(=O)(O)OC)OC(=O)CCCCCCC/C=C\C/C=C\CCCCC. The minimum atomic E-state index is -4.60. The van der Waals surface area contributed by atoms with Gasteiger partial charge in [0.2, 0.25) is 0 Å². The van der Waals surface area contributed by atoms with Crippen LogP contribution in [0.3, 0.4) is 0 Å². The normalized spacial score (nSPS) is 14.2. The highest BCUT2D eigenvalue weighted by atomic mass is 31.2. The predicted octanol–water partition coefficient (Wildman–Crippen LogP) is 15.4. The molecule has 412 valence electrons. The van der Waals surface area contributed by atoms with Crippen molar-refractivity contribution in [1.82, 2.24) is 0 Å². The van der Waals surface area contributed by atoms with Gasteiger partial charge in [-0.2, -0.15) is 0 Å². The lowest BCUT2D eigenvalue weighted by atomic mass is 10.0. The fourth-order valence-electron chi connectivity index (χ4n) is 7.36. The molecule has 0 spiro atoms. The molecule has 0 aromatic carbocycles. The van der Waals surface area contributed by atoms with Crippen LogP contribution >= 0.6 is 15.6 Å². The Balaban J connectivity index is 4.64. The fraction of sp³-hybridized carbons (Fsp3) is 0.782. The van der Waals surface area contributed by atoms with Crippen molar-refractivity contribution in [2.24, 2.45) is 0 Å². The zero-order valence-electron chi connectivity index (χ0n) is 44.5. The summed E-state index contributed by atoms with van der Waals surface area (Å²) in [5.74, 6) is -0.957. The number of hydrogen-bond acceptors (Lipinski definition) is 12. The molecule has 0 rings (SSSR count). The summed E-state index contributed by atoms with van der Waals surface area (Å²) in [5, 5.41) is 0. The van der Waals surface area contributed by atoms with Crippen LogP contribution in [0.4, 0.5) is 0 Å². The summed E-state index contributed by atoms with van der Waals surface area (Å²) < 4.78 is 54.4. The van der Waals surface area contributed by atoms with Gasteiger partial charge in [-0.15, -0.1) is 0 Å². The molecule has 2 unspecified atom stereocenters. The molecule has 0 aromatic heterocycles. The van der Waals surface area contributed by atoms with Crippen LogP contribution in [0.2, 0.25) is 0 Å². The standard InChI is InChI=1S/C55H98O14P2/c1-4-6-8-10-12-14-16-18-20-22-24-26-28-32-36-45-54(58)65-49-53(69-55(59)46-37-33-29-27-25-23-21-19-17-15-13-11-9-7-5-2)50-68-71(62,63)67-48-40-44-52(57)43-39-42-51(56)41-35-31-30-34-38-47-66-70(60,61)64-3/h12-15,18-21,53H,4-11,16-17,22-50H2,1-3H3,(H,60,61)(H,62,63)/b14-12-,15-13-,20-18-,21-19-/t53-/m1/s1. The van der Waals surface area contributed by atoms with E-state index in [1.54, 1.807) is 0 Å². The molecule has 0 radical (unpaired) electrons. The molecule has 3 atom stereocenters. The molecule has 0 aliphatic heterocycles. The maximum absolute atomic E-state index is 12.8. The van der Waals surface area contributed by atoms with Crippen molar-refractivity contribution in [2.75, 3.05) is 33.5 Å². The van der Waals surface area contributed by atoms with Crippen LogP contribution in [0.1, 0.15) is 239 Å². The second kappa shape index (κ2) is 49.7. The number of Topliss-reactive ketones (excluding diaryl/α,β-unsaturated/α-hetero) is 2. The summed E-state index contributed by atoms with van der Waals surface area (Å²) in [5.41, 5.74) is 0. The lowest BCUT2D eigenvalue weighted by Crippen LogP contribution is -2.29. The third-order valence-corrected chi connectivity index (χ3v) is 13.6. The molecular weight excluding hydrogens is 947 g/mol. The van der Waals surface area contributed by atoms with E-state index in [9.17, 15) is 38.1 Å². The number of ether oxygens (including phenoxy) is 2. The molecule has 0 aliphatic rings. The number of unbranched alkanes of at least 4 members (excludes halogenated alkanes) is 20. The number of rotatable bonds is 53. The lowest BCUT2D eigenvalue weighted by Gasteiger charge is -2.20. The van der Waals surface area contributed by atoms with Crippen LogP contribution in [0.15, 0.2) is 48.6 Å². The fourth-order valence-corrected chi connectivity index (χ4v) is 8.62. The number of esters is 2. The number of hydrogen-bond donors (Lipinski definition) is 2. The van der Waals surface area contributed by atoms with E-state index in [0.29, 0.717) is 38.5 Å². The first-order valence-electron chi connectivity index (χ1n) is 27.5. The third kappa shape index (κ3) is 50.8. The van der Waals surface area contributed by atoms with E-state index in [0.717, 1.165) is 123 Å². The monoisotopic (exact) mass is 1040 g/mol.